The van der Waals surface area contributed by atoms with E-state index in [-0.39, 0.29) is 0 Å². The first-order valence-electron chi connectivity index (χ1n) is 3.84. The average molecular weight is 112 g/mol. The van der Waals surface area contributed by atoms with Gasteiger partial charge in [-0.05, 0) is 11.8 Å². The van der Waals surface area contributed by atoms with Crippen LogP contribution in [-0.4, -0.2) is 0 Å². The Bertz CT molecular complexity index is 66.4. The Hall–Kier alpha value is 0. The van der Waals surface area contributed by atoms with Crippen LogP contribution in [0.1, 0.15) is 39.5 Å². The summed E-state index contributed by atoms with van der Waals surface area (Å²) in [5, 5.41) is 0. The lowest BCUT2D eigenvalue weighted by Crippen LogP contribution is -2.00. The van der Waals surface area contributed by atoms with Crippen LogP contribution in [0.25, 0.3) is 0 Å². The van der Waals surface area contributed by atoms with Crippen molar-refractivity contribution in [1.29, 1.82) is 0 Å². The summed E-state index contributed by atoms with van der Waals surface area (Å²) in [6.07, 6.45) is 5.87. The van der Waals surface area contributed by atoms with E-state index in [2.05, 4.69) is 13.8 Å². The number of hydrogen-bond donors (Lipinski definition) is 0. The Labute approximate surface area is 52.3 Å². The summed E-state index contributed by atoms with van der Waals surface area (Å²) in [5.74, 6) is 2.09. The molecular formula is C8H16. The van der Waals surface area contributed by atoms with Gasteiger partial charge in [-0.25, -0.2) is 0 Å². The molecule has 0 bridgehead atoms. The highest BCUT2D eigenvalue weighted by molar-refractivity contribution is 4.72. The van der Waals surface area contributed by atoms with Crippen molar-refractivity contribution in [2.24, 2.45) is 11.8 Å². The molecule has 1 aliphatic rings. The Balaban J connectivity index is 2.30. The first kappa shape index (κ1) is 6.12. The van der Waals surface area contributed by atoms with Crippen molar-refractivity contribution in [2.75, 3.05) is 0 Å². The molecule has 0 aliphatic heterocycles. The molecule has 1 fully saturated rings. The first-order chi connectivity index (χ1) is 3.84. The summed E-state index contributed by atoms with van der Waals surface area (Å²) in [5.41, 5.74) is 0. The molecule has 2 atom stereocenters. The second-order valence-electron chi connectivity index (χ2n) is 3.08. The SMILES string of the molecule is CC[C@H]1CCCC1C. The standard InChI is InChI=1S/C8H16/c1-3-8-6-4-5-7(8)2/h7-8H,3-6H2,1-2H3/t7?,8-/m0/s1. The predicted octanol–water partition coefficient (Wildman–Crippen LogP) is 2.83. The van der Waals surface area contributed by atoms with Gasteiger partial charge in [-0.15, -0.1) is 0 Å². The van der Waals surface area contributed by atoms with Crippen molar-refractivity contribution in [3.05, 3.63) is 0 Å². The van der Waals surface area contributed by atoms with Crippen LogP contribution in [0.15, 0.2) is 0 Å². The molecule has 0 radical (unpaired) electrons. The average Bonchev–Trinajstić information content (AvgIpc) is 2.14. The maximum Gasteiger partial charge on any atom is -0.0391 e. The second-order valence-corrected chi connectivity index (χ2v) is 3.08. The lowest BCUT2D eigenvalue weighted by atomic mass is 9.96. The Morgan fingerprint density at radius 2 is 2.12 bits per heavy atom. The van der Waals surface area contributed by atoms with Gasteiger partial charge in [0.1, 0.15) is 0 Å². The molecule has 48 valence electrons. The third-order valence-corrected chi connectivity index (χ3v) is 2.56. The maximum atomic E-state index is 2.39. The third-order valence-electron chi connectivity index (χ3n) is 2.56. The zero-order valence-corrected chi connectivity index (χ0v) is 5.98. The molecule has 1 rings (SSSR count). The maximum absolute atomic E-state index is 2.39. The van der Waals surface area contributed by atoms with Crippen molar-refractivity contribution in [1.82, 2.24) is 0 Å². The zero-order chi connectivity index (χ0) is 5.98. The van der Waals surface area contributed by atoms with E-state index in [4.69, 9.17) is 0 Å². The van der Waals surface area contributed by atoms with Crippen LogP contribution in [0.4, 0.5) is 0 Å². The lowest BCUT2D eigenvalue weighted by molar-refractivity contribution is 0.407. The summed E-state index contributed by atoms with van der Waals surface area (Å²) >= 11 is 0. The molecule has 0 aromatic heterocycles. The van der Waals surface area contributed by atoms with Crippen LogP contribution >= 0.6 is 0 Å². The monoisotopic (exact) mass is 112 g/mol. The van der Waals surface area contributed by atoms with Crippen LogP contribution in [-0.2, 0) is 0 Å². The molecule has 0 aromatic carbocycles. The molecule has 0 nitrogen and oxygen atoms in total. The minimum absolute atomic E-state index is 1.03. The Kier molecular flexibility index (Phi) is 1.93. The van der Waals surface area contributed by atoms with Gasteiger partial charge in [-0.2, -0.15) is 0 Å². The van der Waals surface area contributed by atoms with E-state index in [1.165, 1.54) is 25.7 Å². The second kappa shape index (κ2) is 2.52. The van der Waals surface area contributed by atoms with Crippen LogP contribution in [0.2, 0.25) is 0 Å². The van der Waals surface area contributed by atoms with E-state index in [1.54, 1.807) is 0 Å². The van der Waals surface area contributed by atoms with Crippen molar-refractivity contribution in [3.8, 4) is 0 Å². The van der Waals surface area contributed by atoms with Gasteiger partial charge in [0.05, 0.1) is 0 Å². The highest BCUT2D eigenvalue weighted by Gasteiger charge is 2.20. The summed E-state index contributed by atoms with van der Waals surface area (Å²) < 4.78 is 0. The van der Waals surface area contributed by atoms with Gasteiger partial charge >= 0.3 is 0 Å². The van der Waals surface area contributed by atoms with E-state index in [0.717, 1.165) is 11.8 Å². The first-order valence-corrected chi connectivity index (χ1v) is 3.84. The van der Waals surface area contributed by atoms with E-state index in [1.807, 2.05) is 0 Å². The largest absolute Gasteiger partial charge is 0.0651 e. The summed E-state index contributed by atoms with van der Waals surface area (Å²) in [4.78, 5) is 0. The third kappa shape index (κ3) is 1.04. The molecule has 0 heterocycles. The fraction of sp³-hybridized carbons (Fsp3) is 1.00. The molecule has 1 saturated carbocycles. The minimum Gasteiger partial charge on any atom is -0.0651 e. The van der Waals surface area contributed by atoms with Crippen molar-refractivity contribution < 1.29 is 0 Å². The van der Waals surface area contributed by atoms with Gasteiger partial charge in [0.15, 0.2) is 0 Å². The topological polar surface area (TPSA) is 0 Å². The molecule has 0 amide bonds. The minimum atomic E-state index is 1.03. The van der Waals surface area contributed by atoms with Crippen molar-refractivity contribution in [2.45, 2.75) is 39.5 Å². The molecule has 0 heteroatoms. The molecule has 0 N–H and O–H groups in total. The van der Waals surface area contributed by atoms with Gasteiger partial charge in [-0.1, -0.05) is 39.5 Å². The van der Waals surface area contributed by atoms with E-state index >= 15 is 0 Å². The van der Waals surface area contributed by atoms with E-state index in [9.17, 15) is 0 Å². The fourth-order valence-corrected chi connectivity index (χ4v) is 1.83. The zero-order valence-electron chi connectivity index (χ0n) is 5.98. The Morgan fingerprint density at radius 3 is 2.38 bits per heavy atom. The molecule has 0 saturated heterocycles. The normalized spacial score (nSPS) is 38.2. The van der Waals surface area contributed by atoms with Gasteiger partial charge in [0.25, 0.3) is 0 Å². The van der Waals surface area contributed by atoms with E-state index in [0.29, 0.717) is 0 Å². The Morgan fingerprint density at radius 1 is 1.38 bits per heavy atom. The van der Waals surface area contributed by atoms with E-state index < -0.39 is 0 Å². The fourth-order valence-electron chi connectivity index (χ4n) is 1.83. The van der Waals surface area contributed by atoms with Gasteiger partial charge in [0.2, 0.25) is 0 Å². The summed E-state index contributed by atoms with van der Waals surface area (Å²) in [7, 11) is 0. The lowest BCUT2D eigenvalue weighted by Gasteiger charge is -2.10. The van der Waals surface area contributed by atoms with Crippen LogP contribution in [0.3, 0.4) is 0 Å². The highest BCUT2D eigenvalue weighted by atomic mass is 14.3. The smallest absolute Gasteiger partial charge is 0.0391 e. The van der Waals surface area contributed by atoms with Gasteiger partial charge in [-0.3, -0.25) is 0 Å². The molecule has 1 unspecified atom stereocenters. The molecule has 1 aliphatic carbocycles. The van der Waals surface area contributed by atoms with Crippen molar-refractivity contribution in [3.63, 3.8) is 0 Å². The number of rotatable bonds is 1. The van der Waals surface area contributed by atoms with Gasteiger partial charge < -0.3 is 0 Å². The molecule has 8 heavy (non-hydrogen) atoms. The molecular weight excluding hydrogens is 96.1 g/mol. The quantitative estimate of drug-likeness (QED) is 0.489. The predicted molar refractivity (Wildman–Crippen MR) is 36.8 cm³/mol. The van der Waals surface area contributed by atoms with Gasteiger partial charge in [0, 0.05) is 0 Å². The molecule has 0 aromatic rings. The van der Waals surface area contributed by atoms with Crippen LogP contribution in [0.5, 0.6) is 0 Å². The number of hydrogen-bond acceptors (Lipinski definition) is 0. The van der Waals surface area contributed by atoms with Crippen LogP contribution in [0, 0.1) is 11.8 Å². The van der Waals surface area contributed by atoms with Crippen LogP contribution < -0.4 is 0 Å². The van der Waals surface area contributed by atoms with Crippen molar-refractivity contribution >= 4 is 0 Å². The molecule has 0 spiro atoms. The summed E-state index contributed by atoms with van der Waals surface area (Å²) in [6.45, 7) is 4.70. The summed E-state index contributed by atoms with van der Waals surface area (Å²) in [6, 6.07) is 0. The highest BCUT2D eigenvalue weighted by Crippen LogP contribution is 2.32.